The highest BCUT2D eigenvalue weighted by molar-refractivity contribution is 6.16. The number of nitriles is 1. The summed E-state index contributed by atoms with van der Waals surface area (Å²) in [6.45, 7) is 12.9. The Morgan fingerprint density at radius 1 is 0.952 bits per heavy atom. The molecule has 6 aliphatic carbocycles. The zero-order chi connectivity index (χ0) is 29.6. The lowest BCUT2D eigenvalue weighted by Crippen LogP contribution is -2.66. The second-order valence-corrected chi connectivity index (χ2v) is 17.5. The average Bonchev–Trinajstić information content (AvgIpc) is 3.85. The minimum absolute atomic E-state index is 0.000397. The third-order valence-corrected chi connectivity index (χ3v) is 15.6. The molecule has 8 atom stereocenters. The molecule has 8 rings (SSSR count). The van der Waals surface area contributed by atoms with Crippen molar-refractivity contribution in [3.63, 3.8) is 0 Å². The topological polar surface area (TPSA) is 56.5 Å². The number of likely N-dealkylation sites (tertiary alicyclic amines) is 1. The van der Waals surface area contributed by atoms with Crippen LogP contribution in [0.4, 0.5) is 0 Å². The van der Waals surface area contributed by atoms with Gasteiger partial charge >= 0.3 is 0 Å². The molecule has 0 radical (unpaired) electrons. The summed E-state index contributed by atoms with van der Waals surface area (Å²) in [7, 11) is 2.31. The molecule has 0 aromatic rings. The Balaban J connectivity index is 1.25. The molecular formula is C38H51N3O. The Morgan fingerprint density at radius 3 is 2.36 bits per heavy atom. The highest BCUT2D eigenvalue weighted by Crippen LogP contribution is 2.79. The lowest BCUT2D eigenvalue weighted by Gasteiger charge is -2.68. The molecule has 0 aromatic heterocycles. The molecule has 224 valence electrons. The quantitative estimate of drug-likeness (QED) is 0.319. The van der Waals surface area contributed by atoms with E-state index in [1.807, 2.05) is 0 Å². The summed E-state index contributed by atoms with van der Waals surface area (Å²) in [5.74, 6) is 0.828. The van der Waals surface area contributed by atoms with Gasteiger partial charge in [-0.25, -0.2) is 0 Å². The van der Waals surface area contributed by atoms with Crippen molar-refractivity contribution in [2.75, 3.05) is 13.6 Å². The van der Waals surface area contributed by atoms with Crippen LogP contribution >= 0.6 is 0 Å². The van der Waals surface area contributed by atoms with Crippen molar-refractivity contribution < 1.29 is 4.79 Å². The van der Waals surface area contributed by atoms with Crippen molar-refractivity contribution in [3.8, 4) is 6.07 Å². The van der Waals surface area contributed by atoms with Crippen molar-refractivity contribution in [3.05, 3.63) is 35.5 Å². The molecule has 2 heterocycles. The van der Waals surface area contributed by atoms with Gasteiger partial charge in [0.05, 0.1) is 11.3 Å². The molecule has 0 N–H and O–H groups in total. The molecule has 0 amide bonds. The highest BCUT2D eigenvalue weighted by atomic mass is 16.1. The minimum atomic E-state index is -0.530. The number of hydrogen-bond donors (Lipinski definition) is 0. The number of hydrogen-bond acceptors (Lipinski definition) is 4. The number of carbonyl (C=O) groups is 1. The molecule has 1 unspecified atom stereocenters. The maximum absolute atomic E-state index is 13.4. The number of likely N-dealkylation sites (N-methyl/N-ethyl adjacent to an activating group) is 1. The fourth-order valence-corrected chi connectivity index (χ4v) is 12.5. The van der Waals surface area contributed by atoms with Gasteiger partial charge in [-0.15, -0.1) is 0 Å². The molecule has 5 fully saturated rings. The van der Waals surface area contributed by atoms with Crippen LogP contribution in [0.15, 0.2) is 40.4 Å². The second-order valence-electron chi connectivity index (χ2n) is 17.5. The number of carbonyl (C=O) groups excluding carboxylic acids is 1. The monoisotopic (exact) mass is 565 g/mol. The van der Waals surface area contributed by atoms with Crippen LogP contribution in [0.1, 0.15) is 112 Å². The summed E-state index contributed by atoms with van der Waals surface area (Å²) >= 11 is 0. The zero-order valence-corrected chi connectivity index (χ0v) is 27.0. The highest BCUT2D eigenvalue weighted by Gasteiger charge is 2.78. The molecule has 1 saturated heterocycles. The number of Topliss-reactive ketones (excluding diaryl/α,β-unsaturated/α-hetero) is 1. The standard InChI is InChI=1S/C38H51N3O/c1-32(2)27-10-12-34(4)29(33(27,3)23-25(24-39)31(32)42)22-30-38(40-30)28-11-13-36(16-17-36)18-20-37(28,19-15-35(34,38)5)14-9-26-8-7-21-41(26)6/h9,14,22-23,26-28H,7-8,10-13,15-21H2,1-6H3/b14-9+/t26?,27-,28-,33-,34+,35-,37-,38+/m0/s1. The molecule has 4 nitrogen and oxygen atoms in total. The van der Waals surface area contributed by atoms with E-state index in [0.29, 0.717) is 22.9 Å². The van der Waals surface area contributed by atoms with Gasteiger partial charge in [0.1, 0.15) is 11.6 Å². The predicted octanol–water partition coefficient (Wildman–Crippen LogP) is 8.01. The molecule has 4 saturated carbocycles. The number of nitrogens with zero attached hydrogens (tertiary/aromatic N) is 3. The van der Waals surface area contributed by atoms with Crippen LogP contribution in [0.5, 0.6) is 0 Å². The van der Waals surface area contributed by atoms with Crippen LogP contribution in [-0.2, 0) is 4.79 Å². The Morgan fingerprint density at radius 2 is 1.67 bits per heavy atom. The Kier molecular flexibility index (Phi) is 5.37. The number of ketones is 1. The van der Waals surface area contributed by atoms with Gasteiger partial charge in [-0.3, -0.25) is 14.7 Å². The summed E-state index contributed by atoms with van der Waals surface area (Å²) in [6, 6.07) is 2.90. The molecule has 8 aliphatic rings. The smallest absolute Gasteiger partial charge is 0.178 e. The number of allylic oxidation sites excluding steroid dienone is 4. The van der Waals surface area contributed by atoms with Gasteiger partial charge in [-0.1, -0.05) is 58.4 Å². The fraction of sp³-hybridized carbons (Fsp3) is 0.763. The molecule has 2 aliphatic heterocycles. The molecule has 2 spiro atoms. The van der Waals surface area contributed by atoms with Crippen LogP contribution < -0.4 is 0 Å². The summed E-state index contributed by atoms with van der Waals surface area (Å²) in [6.07, 6.45) is 25.5. The van der Waals surface area contributed by atoms with Crippen molar-refractivity contribution in [1.82, 2.24) is 4.90 Å². The number of fused-ring (bicyclic) bond motifs is 5. The summed E-state index contributed by atoms with van der Waals surface area (Å²) in [4.78, 5) is 21.6. The van der Waals surface area contributed by atoms with Crippen molar-refractivity contribution in [2.45, 2.75) is 123 Å². The van der Waals surface area contributed by atoms with Crippen LogP contribution in [0.2, 0.25) is 0 Å². The molecule has 42 heavy (non-hydrogen) atoms. The van der Waals surface area contributed by atoms with Gasteiger partial charge in [0.2, 0.25) is 0 Å². The normalized spacial score (nSPS) is 49.8. The second kappa shape index (κ2) is 8.18. The zero-order valence-electron chi connectivity index (χ0n) is 27.0. The van der Waals surface area contributed by atoms with E-state index in [1.165, 1.54) is 82.0 Å². The van der Waals surface area contributed by atoms with Gasteiger partial charge in [0.25, 0.3) is 0 Å². The largest absolute Gasteiger partial charge is 0.300 e. The number of aliphatic imine (C=N–C) groups is 1. The maximum atomic E-state index is 13.4. The van der Waals surface area contributed by atoms with Crippen LogP contribution in [0.25, 0.3) is 0 Å². The average molecular weight is 566 g/mol. The third-order valence-electron chi connectivity index (χ3n) is 15.6. The first-order valence-corrected chi connectivity index (χ1v) is 17.2. The van der Waals surface area contributed by atoms with Gasteiger partial charge in [-0.05, 0) is 125 Å². The van der Waals surface area contributed by atoms with Gasteiger partial charge < -0.3 is 0 Å². The van der Waals surface area contributed by atoms with Gasteiger partial charge in [-0.2, -0.15) is 5.26 Å². The van der Waals surface area contributed by atoms with Crippen LogP contribution in [0.3, 0.4) is 0 Å². The van der Waals surface area contributed by atoms with Crippen LogP contribution in [-0.4, -0.2) is 41.6 Å². The lowest BCUT2D eigenvalue weighted by molar-refractivity contribution is -0.134. The van der Waals surface area contributed by atoms with E-state index in [0.717, 1.165) is 12.8 Å². The van der Waals surface area contributed by atoms with E-state index in [-0.39, 0.29) is 38.9 Å². The van der Waals surface area contributed by atoms with Gasteiger partial charge in [0, 0.05) is 22.3 Å². The third kappa shape index (κ3) is 3.13. The Hall–Kier alpha value is -1.99. The predicted molar refractivity (Wildman–Crippen MR) is 168 cm³/mol. The first-order chi connectivity index (χ1) is 19.8. The van der Waals surface area contributed by atoms with E-state index < -0.39 is 5.41 Å². The summed E-state index contributed by atoms with van der Waals surface area (Å²) < 4.78 is 0. The van der Waals surface area contributed by atoms with Crippen molar-refractivity contribution in [1.29, 1.82) is 5.26 Å². The molecular weight excluding hydrogens is 514 g/mol. The molecule has 4 heteroatoms. The first-order valence-electron chi connectivity index (χ1n) is 17.2. The molecule has 0 bridgehead atoms. The van der Waals surface area contributed by atoms with E-state index in [9.17, 15) is 10.1 Å². The maximum Gasteiger partial charge on any atom is 0.178 e. The van der Waals surface area contributed by atoms with E-state index in [2.05, 4.69) is 76.9 Å². The first kappa shape index (κ1) is 27.6. The van der Waals surface area contributed by atoms with E-state index >= 15 is 0 Å². The van der Waals surface area contributed by atoms with Crippen molar-refractivity contribution >= 4 is 11.5 Å². The lowest BCUT2D eigenvalue weighted by atomic mass is 9.34. The molecule has 0 aromatic carbocycles. The minimum Gasteiger partial charge on any atom is -0.300 e. The fourth-order valence-electron chi connectivity index (χ4n) is 12.5. The number of rotatable bonds is 2. The summed E-state index contributed by atoms with van der Waals surface area (Å²) in [5.41, 5.74) is 3.24. The summed E-state index contributed by atoms with van der Waals surface area (Å²) in [5, 5.41) is 10.0. The SMILES string of the molecule is CN1CCCC1/C=C/[C@]12CCC3(CC[C@@H]1[C@@]14N=C1C=C1[C@@]5(C)C=C(C#N)C(=O)C(C)(C)[C@@H]5CC[C@@]1(C)[C@]4(C)CC2)CC3. The van der Waals surface area contributed by atoms with Crippen molar-refractivity contribution in [2.24, 2.45) is 49.3 Å². The Bertz CT molecular complexity index is 1440. The van der Waals surface area contributed by atoms with E-state index in [4.69, 9.17) is 4.99 Å². The van der Waals surface area contributed by atoms with E-state index in [1.54, 1.807) is 0 Å². The van der Waals surface area contributed by atoms with Gasteiger partial charge in [0.15, 0.2) is 5.78 Å². The Labute approximate surface area is 253 Å². The van der Waals surface area contributed by atoms with Crippen LogP contribution in [0, 0.1) is 55.7 Å².